The Morgan fingerprint density at radius 2 is 1.48 bits per heavy atom. The second-order valence-corrected chi connectivity index (χ2v) is 8.24. The van der Waals surface area contributed by atoms with Crippen molar-refractivity contribution < 1.29 is 9.59 Å². The first-order valence-corrected chi connectivity index (χ1v) is 11.0. The van der Waals surface area contributed by atoms with Crippen molar-refractivity contribution in [3.05, 3.63) is 102 Å². The molecule has 0 aliphatic heterocycles. The lowest BCUT2D eigenvalue weighted by Crippen LogP contribution is -2.14. The minimum Gasteiger partial charge on any atom is -0.325 e. The molecule has 2 amide bonds. The average molecular weight is 427 g/mol. The molecule has 31 heavy (non-hydrogen) atoms. The molecular formula is C26H22N2O2S. The monoisotopic (exact) mass is 426 g/mol. The Balaban J connectivity index is 1.35. The van der Waals surface area contributed by atoms with Crippen LogP contribution in [0.4, 0.5) is 11.4 Å². The van der Waals surface area contributed by atoms with Crippen LogP contribution in [-0.4, -0.2) is 17.6 Å². The molecule has 0 spiro atoms. The maximum atomic E-state index is 12.5. The van der Waals surface area contributed by atoms with Crippen molar-refractivity contribution in [1.29, 1.82) is 0 Å². The zero-order chi connectivity index (χ0) is 21.6. The molecule has 0 fully saturated rings. The van der Waals surface area contributed by atoms with E-state index in [1.807, 2.05) is 91.9 Å². The first-order valence-electron chi connectivity index (χ1n) is 9.97. The summed E-state index contributed by atoms with van der Waals surface area (Å²) in [5.74, 6) is 0.0612. The maximum Gasteiger partial charge on any atom is 0.255 e. The third kappa shape index (κ3) is 5.32. The van der Waals surface area contributed by atoms with Gasteiger partial charge in [-0.25, -0.2) is 0 Å². The Morgan fingerprint density at radius 1 is 0.742 bits per heavy atom. The molecule has 4 rings (SSSR count). The van der Waals surface area contributed by atoms with Gasteiger partial charge in [0.1, 0.15) is 0 Å². The fourth-order valence-corrected chi connectivity index (χ4v) is 4.06. The summed E-state index contributed by atoms with van der Waals surface area (Å²) >= 11 is 1.43. The predicted molar refractivity (Wildman–Crippen MR) is 129 cm³/mol. The van der Waals surface area contributed by atoms with Crippen LogP contribution in [0.15, 0.2) is 95.9 Å². The average Bonchev–Trinajstić information content (AvgIpc) is 2.78. The summed E-state index contributed by atoms with van der Waals surface area (Å²) in [7, 11) is 0. The Hall–Kier alpha value is -3.57. The number of hydrogen-bond acceptors (Lipinski definition) is 3. The lowest BCUT2D eigenvalue weighted by molar-refractivity contribution is -0.113. The second-order valence-electron chi connectivity index (χ2n) is 7.20. The minimum absolute atomic E-state index is 0.0744. The summed E-state index contributed by atoms with van der Waals surface area (Å²) in [5.41, 5.74) is 3.06. The molecule has 0 heterocycles. The Bertz CT molecular complexity index is 1250. The van der Waals surface area contributed by atoms with Crippen LogP contribution >= 0.6 is 11.8 Å². The predicted octanol–water partition coefficient (Wildman–Crippen LogP) is 6.13. The number of fused-ring (bicyclic) bond motifs is 1. The van der Waals surface area contributed by atoms with E-state index in [0.717, 1.165) is 26.9 Å². The van der Waals surface area contributed by atoms with E-state index in [-0.39, 0.29) is 17.6 Å². The van der Waals surface area contributed by atoms with Crippen LogP contribution in [0.3, 0.4) is 0 Å². The van der Waals surface area contributed by atoms with Crippen molar-refractivity contribution in [2.45, 2.75) is 11.8 Å². The third-order valence-corrected chi connectivity index (χ3v) is 5.88. The summed E-state index contributed by atoms with van der Waals surface area (Å²) in [6, 6.07) is 28.9. The SMILES string of the molecule is Cc1ccccc1C(=O)Nc1cccc(SCC(=O)Nc2ccc3ccccc3c2)c1. The zero-order valence-electron chi connectivity index (χ0n) is 17.1. The van der Waals surface area contributed by atoms with Gasteiger partial charge in [-0.3, -0.25) is 9.59 Å². The number of nitrogens with one attached hydrogen (secondary N) is 2. The molecule has 0 aliphatic rings. The van der Waals surface area contributed by atoms with E-state index < -0.39 is 0 Å². The van der Waals surface area contributed by atoms with Crippen LogP contribution < -0.4 is 10.6 Å². The molecule has 0 saturated carbocycles. The summed E-state index contributed by atoms with van der Waals surface area (Å²) in [6.45, 7) is 1.91. The number of carbonyl (C=O) groups excluding carboxylic acids is 2. The molecule has 0 aromatic heterocycles. The molecule has 154 valence electrons. The molecule has 0 saturated heterocycles. The van der Waals surface area contributed by atoms with Gasteiger partial charge in [0.25, 0.3) is 5.91 Å². The minimum atomic E-state index is -0.144. The standard InChI is InChI=1S/C26H22N2O2S/c1-18-7-2-5-12-24(18)26(30)28-21-10-6-11-23(16-21)31-17-25(29)27-22-14-13-19-8-3-4-9-20(19)15-22/h2-16H,17H2,1H3,(H,27,29)(H,28,30). The van der Waals surface area contributed by atoms with E-state index >= 15 is 0 Å². The zero-order valence-corrected chi connectivity index (χ0v) is 17.9. The van der Waals surface area contributed by atoms with E-state index in [2.05, 4.69) is 10.6 Å². The number of thioether (sulfide) groups is 1. The normalized spacial score (nSPS) is 10.6. The molecule has 0 radical (unpaired) electrons. The largest absolute Gasteiger partial charge is 0.325 e. The topological polar surface area (TPSA) is 58.2 Å². The number of benzene rings is 4. The molecule has 2 N–H and O–H groups in total. The van der Waals surface area contributed by atoms with Crippen molar-refractivity contribution in [3.8, 4) is 0 Å². The summed E-state index contributed by atoms with van der Waals surface area (Å²) < 4.78 is 0. The fraction of sp³-hybridized carbons (Fsp3) is 0.0769. The van der Waals surface area contributed by atoms with Crippen molar-refractivity contribution in [2.24, 2.45) is 0 Å². The number of amides is 2. The van der Waals surface area contributed by atoms with Gasteiger partial charge >= 0.3 is 0 Å². The number of aryl methyl sites for hydroxylation is 1. The Labute approximate surface area is 185 Å². The van der Waals surface area contributed by atoms with Gasteiger partial charge in [0.15, 0.2) is 0 Å². The molecule has 0 aliphatic carbocycles. The van der Waals surface area contributed by atoms with Crippen molar-refractivity contribution in [2.75, 3.05) is 16.4 Å². The Kier molecular flexibility index (Phi) is 6.34. The first kappa shape index (κ1) is 20.7. The fourth-order valence-electron chi connectivity index (χ4n) is 3.30. The van der Waals surface area contributed by atoms with Crippen molar-refractivity contribution in [3.63, 3.8) is 0 Å². The van der Waals surface area contributed by atoms with Crippen LogP contribution in [0.5, 0.6) is 0 Å². The van der Waals surface area contributed by atoms with Crippen LogP contribution in [0.1, 0.15) is 15.9 Å². The van der Waals surface area contributed by atoms with Crippen molar-refractivity contribution >= 4 is 45.7 Å². The van der Waals surface area contributed by atoms with Crippen LogP contribution in [0.25, 0.3) is 10.8 Å². The number of carbonyl (C=O) groups is 2. The van der Waals surface area contributed by atoms with E-state index in [4.69, 9.17) is 0 Å². The molecule has 5 heteroatoms. The van der Waals surface area contributed by atoms with Gasteiger partial charge < -0.3 is 10.6 Å². The first-order chi connectivity index (χ1) is 15.1. The van der Waals surface area contributed by atoms with E-state index in [9.17, 15) is 9.59 Å². The molecule has 0 unspecified atom stereocenters. The van der Waals surface area contributed by atoms with E-state index in [1.54, 1.807) is 6.07 Å². The molecule has 4 nitrogen and oxygen atoms in total. The van der Waals surface area contributed by atoms with Gasteiger partial charge in [-0.15, -0.1) is 11.8 Å². The molecule has 4 aromatic rings. The van der Waals surface area contributed by atoms with E-state index in [1.165, 1.54) is 11.8 Å². The maximum absolute atomic E-state index is 12.5. The van der Waals surface area contributed by atoms with Gasteiger partial charge in [0, 0.05) is 21.8 Å². The number of hydrogen-bond donors (Lipinski definition) is 2. The van der Waals surface area contributed by atoms with Crippen molar-refractivity contribution in [1.82, 2.24) is 0 Å². The van der Waals surface area contributed by atoms with Crippen LogP contribution in [0.2, 0.25) is 0 Å². The molecule has 4 aromatic carbocycles. The third-order valence-electron chi connectivity index (χ3n) is 4.88. The van der Waals surface area contributed by atoms with Gasteiger partial charge in [-0.1, -0.05) is 54.6 Å². The number of anilines is 2. The van der Waals surface area contributed by atoms with Crippen LogP contribution in [-0.2, 0) is 4.79 Å². The molecular weight excluding hydrogens is 404 g/mol. The lowest BCUT2D eigenvalue weighted by atomic mass is 10.1. The highest BCUT2D eigenvalue weighted by Crippen LogP contribution is 2.23. The number of rotatable bonds is 6. The summed E-state index contributed by atoms with van der Waals surface area (Å²) in [4.78, 5) is 25.8. The molecule has 0 bridgehead atoms. The highest BCUT2D eigenvalue weighted by atomic mass is 32.2. The summed E-state index contributed by atoms with van der Waals surface area (Å²) in [5, 5.41) is 8.11. The van der Waals surface area contributed by atoms with Gasteiger partial charge in [0.2, 0.25) is 5.91 Å². The van der Waals surface area contributed by atoms with E-state index in [0.29, 0.717) is 11.3 Å². The summed E-state index contributed by atoms with van der Waals surface area (Å²) in [6.07, 6.45) is 0. The van der Waals surface area contributed by atoms with Gasteiger partial charge in [-0.2, -0.15) is 0 Å². The second kappa shape index (κ2) is 9.49. The van der Waals surface area contributed by atoms with Gasteiger partial charge in [-0.05, 0) is 59.7 Å². The highest BCUT2D eigenvalue weighted by Gasteiger charge is 2.10. The van der Waals surface area contributed by atoms with Crippen LogP contribution in [0, 0.1) is 6.92 Å². The van der Waals surface area contributed by atoms with Gasteiger partial charge in [0.05, 0.1) is 5.75 Å². The Morgan fingerprint density at radius 3 is 2.32 bits per heavy atom. The smallest absolute Gasteiger partial charge is 0.255 e. The lowest BCUT2D eigenvalue weighted by Gasteiger charge is -2.09. The quantitative estimate of drug-likeness (QED) is 0.365. The highest BCUT2D eigenvalue weighted by molar-refractivity contribution is 8.00. The molecule has 0 atom stereocenters.